The molecule has 0 spiro atoms. The van der Waals surface area contributed by atoms with Crippen LogP contribution in [0.2, 0.25) is 0 Å². The van der Waals surface area contributed by atoms with Gasteiger partial charge in [-0.3, -0.25) is 4.79 Å². The summed E-state index contributed by atoms with van der Waals surface area (Å²) < 4.78 is 0.842. The van der Waals surface area contributed by atoms with Crippen molar-refractivity contribution in [1.82, 2.24) is 15.1 Å². The molecule has 2 heterocycles. The van der Waals surface area contributed by atoms with Gasteiger partial charge < -0.3 is 10.2 Å². The number of hydrogen-bond acceptors (Lipinski definition) is 6. The van der Waals surface area contributed by atoms with Gasteiger partial charge in [-0.05, 0) is 19.8 Å². The Balaban J connectivity index is 1.91. The van der Waals surface area contributed by atoms with Crippen LogP contribution in [-0.4, -0.2) is 46.4 Å². The van der Waals surface area contributed by atoms with E-state index in [0.29, 0.717) is 0 Å². The molecular weight excluding hydrogens is 256 g/mol. The van der Waals surface area contributed by atoms with Crippen molar-refractivity contribution < 1.29 is 4.79 Å². The minimum atomic E-state index is -0.0780. The summed E-state index contributed by atoms with van der Waals surface area (Å²) in [6.45, 7) is 3.75. The summed E-state index contributed by atoms with van der Waals surface area (Å²) in [7, 11) is 1.81. The van der Waals surface area contributed by atoms with Crippen LogP contribution >= 0.6 is 23.1 Å². The molecule has 1 aromatic rings. The van der Waals surface area contributed by atoms with Gasteiger partial charge in [0, 0.05) is 20.1 Å². The number of hydrogen-bond donors (Lipinski definition) is 1. The zero-order valence-electron chi connectivity index (χ0n) is 9.97. The summed E-state index contributed by atoms with van der Waals surface area (Å²) in [5.74, 6) is 0.216. The standard InChI is InChI=1S/C10H16N4OS2/c1-7(8(15)14-5-3-4-6-14)16-10-13-12-9(11-2)17-10/h7H,3-6H2,1-2H3,(H,11,12). The minimum Gasteiger partial charge on any atom is -0.363 e. The number of carbonyl (C=O) groups excluding carboxylic acids is 1. The van der Waals surface area contributed by atoms with Crippen molar-refractivity contribution in [2.24, 2.45) is 0 Å². The van der Waals surface area contributed by atoms with Gasteiger partial charge in [0.15, 0.2) is 4.34 Å². The molecule has 5 nitrogen and oxygen atoms in total. The average Bonchev–Trinajstić information content (AvgIpc) is 2.98. The van der Waals surface area contributed by atoms with Gasteiger partial charge in [-0.2, -0.15) is 0 Å². The van der Waals surface area contributed by atoms with Gasteiger partial charge in [0.25, 0.3) is 0 Å². The summed E-state index contributed by atoms with van der Waals surface area (Å²) in [6.07, 6.45) is 2.26. The van der Waals surface area contributed by atoms with Gasteiger partial charge in [-0.25, -0.2) is 0 Å². The molecule has 1 unspecified atom stereocenters. The van der Waals surface area contributed by atoms with Gasteiger partial charge >= 0.3 is 0 Å². The van der Waals surface area contributed by atoms with Gasteiger partial charge in [-0.1, -0.05) is 23.1 Å². The molecule has 7 heteroatoms. The van der Waals surface area contributed by atoms with Crippen molar-refractivity contribution in [2.45, 2.75) is 29.4 Å². The van der Waals surface area contributed by atoms with E-state index in [1.54, 1.807) is 0 Å². The molecule has 0 radical (unpaired) electrons. The van der Waals surface area contributed by atoms with Crippen LogP contribution in [-0.2, 0) is 4.79 Å². The summed E-state index contributed by atoms with van der Waals surface area (Å²) in [6, 6.07) is 0. The van der Waals surface area contributed by atoms with Crippen molar-refractivity contribution in [3.05, 3.63) is 0 Å². The molecule has 1 atom stereocenters. The molecule has 1 amide bonds. The Bertz CT molecular complexity index is 389. The number of nitrogens with zero attached hydrogens (tertiary/aromatic N) is 3. The highest BCUT2D eigenvalue weighted by atomic mass is 32.2. The fourth-order valence-electron chi connectivity index (χ4n) is 1.75. The lowest BCUT2D eigenvalue weighted by molar-refractivity contribution is -0.129. The molecule has 0 bridgehead atoms. The van der Waals surface area contributed by atoms with Crippen molar-refractivity contribution in [3.63, 3.8) is 0 Å². The lowest BCUT2D eigenvalue weighted by Gasteiger charge is -2.18. The maximum atomic E-state index is 12.1. The van der Waals surface area contributed by atoms with Crippen LogP contribution < -0.4 is 5.32 Å². The predicted octanol–water partition coefficient (Wildman–Crippen LogP) is 1.68. The zero-order valence-corrected chi connectivity index (χ0v) is 11.6. The number of thioether (sulfide) groups is 1. The smallest absolute Gasteiger partial charge is 0.235 e. The highest BCUT2D eigenvalue weighted by Gasteiger charge is 2.24. The summed E-state index contributed by atoms with van der Waals surface area (Å²) in [5, 5.41) is 11.6. The van der Waals surface area contributed by atoms with Crippen LogP contribution in [0, 0.1) is 0 Å². The van der Waals surface area contributed by atoms with Gasteiger partial charge in [0.1, 0.15) is 0 Å². The van der Waals surface area contributed by atoms with E-state index in [-0.39, 0.29) is 11.2 Å². The molecule has 17 heavy (non-hydrogen) atoms. The molecule has 1 aliphatic rings. The van der Waals surface area contributed by atoms with Gasteiger partial charge in [0.2, 0.25) is 11.0 Å². The van der Waals surface area contributed by atoms with Crippen molar-refractivity contribution in [2.75, 3.05) is 25.5 Å². The van der Waals surface area contributed by atoms with Crippen LogP contribution in [0.5, 0.6) is 0 Å². The largest absolute Gasteiger partial charge is 0.363 e. The molecule has 0 aromatic carbocycles. The van der Waals surface area contributed by atoms with Gasteiger partial charge in [0.05, 0.1) is 5.25 Å². The quantitative estimate of drug-likeness (QED) is 0.845. The normalized spacial score (nSPS) is 17.2. The maximum absolute atomic E-state index is 12.1. The molecule has 1 aliphatic heterocycles. The molecule has 1 N–H and O–H groups in total. The second-order valence-electron chi connectivity index (χ2n) is 3.92. The van der Waals surface area contributed by atoms with Crippen molar-refractivity contribution in [1.29, 1.82) is 0 Å². The number of likely N-dealkylation sites (tertiary alicyclic amines) is 1. The minimum absolute atomic E-state index is 0.0780. The lowest BCUT2D eigenvalue weighted by Crippen LogP contribution is -2.33. The molecule has 0 saturated carbocycles. The van der Waals surface area contributed by atoms with Crippen LogP contribution in [0.4, 0.5) is 5.13 Å². The monoisotopic (exact) mass is 272 g/mol. The van der Waals surface area contributed by atoms with Crippen molar-refractivity contribution in [3.8, 4) is 0 Å². The SMILES string of the molecule is CNc1nnc(SC(C)C(=O)N2CCCC2)s1. The maximum Gasteiger partial charge on any atom is 0.235 e. The number of aromatic nitrogens is 2. The molecule has 1 fully saturated rings. The van der Waals surface area contributed by atoms with Crippen LogP contribution in [0.15, 0.2) is 4.34 Å². The number of rotatable bonds is 4. The first kappa shape index (κ1) is 12.6. The van der Waals surface area contributed by atoms with E-state index in [1.165, 1.54) is 23.1 Å². The zero-order chi connectivity index (χ0) is 12.3. The van der Waals surface area contributed by atoms with Crippen LogP contribution in [0.3, 0.4) is 0 Å². The second kappa shape index (κ2) is 5.68. The van der Waals surface area contributed by atoms with Crippen molar-refractivity contribution >= 4 is 34.1 Å². The number of carbonyl (C=O) groups is 1. The summed E-state index contributed by atoms with van der Waals surface area (Å²) >= 11 is 2.97. The van der Waals surface area contributed by atoms with E-state index < -0.39 is 0 Å². The second-order valence-corrected chi connectivity index (χ2v) is 6.48. The third-order valence-corrected chi connectivity index (χ3v) is 4.78. The average molecular weight is 272 g/mol. The molecule has 0 aliphatic carbocycles. The topological polar surface area (TPSA) is 58.1 Å². The Kier molecular flexibility index (Phi) is 4.22. The Labute approximate surface area is 109 Å². The first-order chi connectivity index (χ1) is 8.20. The van der Waals surface area contributed by atoms with E-state index in [0.717, 1.165) is 35.4 Å². The Morgan fingerprint density at radius 3 is 2.76 bits per heavy atom. The number of anilines is 1. The van der Waals surface area contributed by atoms with Gasteiger partial charge in [-0.15, -0.1) is 10.2 Å². The molecule has 1 saturated heterocycles. The fourth-order valence-corrected chi connectivity index (χ4v) is 3.69. The van der Waals surface area contributed by atoms with E-state index in [2.05, 4.69) is 15.5 Å². The summed E-state index contributed by atoms with van der Waals surface area (Å²) in [5.41, 5.74) is 0. The Hall–Kier alpha value is -0.820. The highest BCUT2D eigenvalue weighted by molar-refractivity contribution is 8.02. The fraction of sp³-hybridized carbons (Fsp3) is 0.700. The van der Waals surface area contributed by atoms with E-state index >= 15 is 0 Å². The Morgan fingerprint density at radius 1 is 1.47 bits per heavy atom. The molecule has 2 rings (SSSR count). The first-order valence-electron chi connectivity index (χ1n) is 5.67. The summed E-state index contributed by atoms with van der Waals surface area (Å²) in [4.78, 5) is 14.0. The third-order valence-electron chi connectivity index (χ3n) is 2.66. The number of nitrogens with one attached hydrogen (secondary N) is 1. The van der Waals surface area contributed by atoms with E-state index in [4.69, 9.17) is 0 Å². The molecular formula is C10H16N4OS2. The van der Waals surface area contributed by atoms with E-state index in [1.807, 2.05) is 18.9 Å². The Morgan fingerprint density at radius 2 is 2.18 bits per heavy atom. The van der Waals surface area contributed by atoms with E-state index in [9.17, 15) is 4.79 Å². The van der Waals surface area contributed by atoms with Crippen LogP contribution in [0.1, 0.15) is 19.8 Å². The molecule has 1 aromatic heterocycles. The number of amides is 1. The van der Waals surface area contributed by atoms with Crippen LogP contribution in [0.25, 0.3) is 0 Å². The highest BCUT2D eigenvalue weighted by Crippen LogP contribution is 2.29. The third kappa shape index (κ3) is 3.10. The molecule has 94 valence electrons. The first-order valence-corrected chi connectivity index (χ1v) is 7.37. The predicted molar refractivity (Wildman–Crippen MR) is 70.6 cm³/mol. The lowest BCUT2D eigenvalue weighted by atomic mass is 10.4.